The molecule has 6 heteroatoms. The van der Waals surface area contributed by atoms with Crippen LogP contribution in [-0.2, 0) is 11.2 Å². The van der Waals surface area contributed by atoms with Crippen molar-refractivity contribution in [2.75, 3.05) is 12.4 Å². The van der Waals surface area contributed by atoms with Gasteiger partial charge in [-0.15, -0.1) is 0 Å². The number of methoxy groups -OCH3 is 1. The molecular weight excluding hydrogens is 579 g/mol. The molecule has 0 aliphatic heterocycles. The maximum atomic E-state index is 12.6. The topological polar surface area (TPSA) is 62.1 Å². The van der Waals surface area contributed by atoms with Crippen molar-refractivity contribution in [3.8, 4) is 11.8 Å². The summed E-state index contributed by atoms with van der Waals surface area (Å²) in [6.45, 7) is 4.19. The molecule has 1 N–H and O–H groups in total. The lowest BCUT2D eigenvalue weighted by Crippen LogP contribution is -2.13. The highest BCUT2D eigenvalue weighted by molar-refractivity contribution is 14.1. The van der Waals surface area contributed by atoms with Gasteiger partial charge in [0.1, 0.15) is 17.4 Å². The van der Waals surface area contributed by atoms with Gasteiger partial charge in [0.05, 0.1) is 7.11 Å². The van der Waals surface area contributed by atoms with Crippen molar-refractivity contribution in [3.63, 3.8) is 0 Å². The van der Waals surface area contributed by atoms with Gasteiger partial charge >= 0.3 is 0 Å². The Bertz CT molecular complexity index is 1210. The van der Waals surface area contributed by atoms with E-state index in [0.717, 1.165) is 31.3 Å². The maximum Gasteiger partial charge on any atom is 0.266 e. The summed E-state index contributed by atoms with van der Waals surface area (Å²) in [6.07, 6.45) is 2.32. The van der Waals surface area contributed by atoms with E-state index < -0.39 is 5.91 Å². The van der Waals surface area contributed by atoms with Crippen LogP contribution in [0.4, 0.5) is 5.69 Å². The van der Waals surface area contributed by atoms with Crippen molar-refractivity contribution in [2.24, 2.45) is 0 Å². The third-order valence-corrected chi connectivity index (χ3v) is 6.33. The molecule has 3 aromatic carbocycles. The van der Waals surface area contributed by atoms with Gasteiger partial charge in [-0.25, -0.2) is 0 Å². The molecule has 0 fully saturated rings. The van der Waals surface area contributed by atoms with Crippen LogP contribution in [0.3, 0.4) is 0 Å². The first-order valence-corrected chi connectivity index (χ1v) is 11.8. The van der Waals surface area contributed by atoms with Gasteiger partial charge in [0.25, 0.3) is 5.91 Å². The molecule has 3 rings (SSSR count). The molecule has 0 heterocycles. The van der Waals surface area contributed by atoms with Crippen molar-refractivity contribution in [2.45, 2.75) is 20.3 Å². The average Bonchev–Trinajstić information content (AvgIpc) is 2.74. The lowest BCUT2D eigenvalue weighted by Gasteiger charge is -2.14. The summed E-state index contributed by atoms with van der Waals surface area (Å²) < 4.78 is 7.58. The number of amides is 1. The molecule has 1 amide bonds. The second-order valence-electron chi connectivity index (χ2n) is 7.49. The summed E-state index contributed by atoms with van der Waals surface area (Å²) in [5, 5.41) is 12.3. The van der Waals surface area contributed by atoms with E-state index in [1.807, 2.05) is 30.3 Å². The fraction of sp³-hybridized carbons (Fsp3) is 0.154. The predicted molar refractivity (Wildman–Crippen MR) is 141 cm³/mol. The normalized spacial score (nSPS) is 11.1. The summed E-state index contributed by atoms with van der Waals surface area (Å²) in [4.78, 5) is 12.6. The number of nitriles is 1. The first-order valence-electron chi connectivity index (χ1n) is 9.91. The first-order chi connectivity index (χ1) is 15.3. The van der Waals surface area contributed by atoms with Gasteiger partial charge in [0.15, 0.2) is 0 Å². The smallest absolute Gasteiger partial charge is 0.266 e. The van der Waals surface area contributed by atoms with Gasteiger partial charge in [-0.2, -0.15) is 5.26 Å². The van der Waals surface area contributed by atoms with Crippen LogP contribution in [0.5, 0.6) is 5.75 Å². The second-order valence-corrected chi connectivity index (χ2v) is 9.56. The minimum Gasteiger partial charge on any atom is -0.496 e. The lowest BCUT2D eigenvalue weighted by molar-refractivity contribution is -0.112. The molecule has 162 valence electrons. The molecule has 0 unspecified atom stereocenters. The monoisotopic (exact) mass is 600 g/mol. The van der Waals surface area contributed by atoms with Gasteiger partial charge in [0.2, 0.25) is 0 Å². The fourth-order valence-electron chi connectivity index (χ4n) is 3.49. The Morgan fingerprint density at radius 2 is 1.78 bits per heavy atom. The lowest BCUT2D eigenvalue weighted by atomic mass is 9.98. The number of hydrogen-bond acceptors (Lipinski definition) is 3. The fourth-order valence-corrected chi connectivity index (χ4v) is 4.57. The molecule has 0 aromatic heterocycles. The largest absolute Gasteiger partial charge is 0.496 e. The zero-order valence-corrected chi connectivity index (χ0v) is 21.7. The minimum absolute atomic E-state index is 0.0211. The van der Waals surface area contributed by atoms with Gasteiger partial charge in [0, 0.05) is 25.7 Å². The maximum absolute atomic E-state index is 12.6. The van der Waals surface area contributed by atoms with Crippen LogP contribution < -0.4 is 10.1 Å². The molecule has 3 aromatic rings. The van der Waals surface area contributed by atoms with Crippen LogP contribution in [0.15, 0.2) is 64.6 Å². The standard InChI is InChI=1S/C26H22BrIN2O2/c1-16-8-17(2)10-18(9-16)12-23-24(28)13-19(14-25(23)32-3)11-20(15-29)26(31)30-22-6-4-21(27)5-7-22/h4-11,13-14H,12H2,1-3H3,(H,30,31)/b20-11+. The molecule has 0 spiro atoms. The predicted octanol–water partition coefficient (Wildman–Crippen LogP) is 6.82. The van der Waals surface area contributed by atoms with Gasteiger partial charge < -0.3 is 10.1 Å². The molecule has 32 heavy (non-hydrogen) atoms. The van der Waals surface area contributed by atoms with Crippen molar-refractivity contribution < 1.29 is 9.53 Å². The molecular formula is C26H22BrIN2O2. The number of carbonyl (C=O) groups is 1. The number of rotatable bonds is 6. The van der Waals surface area contributed by atoms with E-state index in [0.29, 0.717) is 5.69 Å². The summed E-state index contributed by atoms with van der Waals surface area (Å²) in [6, 6.07) is 19.5. The van der Waals surface area contributed by atoms with Crippen molar-refractivity contribution in [1.82, 2.24) is 0 Å². The molecule has 0 saturated heterocycles. The van der Waals surface area contributed by atoms with Gasteiger partial charge in [-0.05, 0) is 90.0 Å². The first kappa shape index (κ1) is 24.0. The van der Waals surface area contributed by atoms with E-state index in [-0.39, 0.29) is 5.57 Å². The highest BCUT2D eigenvalue weighted by Gasteiger charge is 2.14. The van der Waals surface area contributed by atoms with Gasteiger partial charge in [-0.3, -0.25) is 4.79 Å². The van der Waals surface area contributed by atoms with Crippen molar-refractivity contribution in [3.05, 3.63) is 96.0 Å². The molecule has 0 aliphatic rings. The van der Waals surface area contributed by atoms with Crippen LogP contribution in [0.25, 0.3) is 6.08 Å². The molecule has 0 aliphatic carbocycles. The Morgan fingerprint density at radius 1 is 1.12 bits per heavy atom. The van der Waals surface area contributed by atoms with Gasteiger partial charge in [-0.1, -0.05) is 45.3 Å². The number of carbonyl (C=O) groups excluding carboxylic acids is 1. The minimum atomic E-state index is -0.455. The number of nitrogens with one attached hydrogen (secondary N) is 1. The summed E-state index contributed by atoms with van der Waals surface area (Å²) in [5.41, 5.74) is 6.12. The Hall–Kier alpha value is -2.63. The summed E-state index contributed by atoms with van der Waals surface area (Å²) in [7, 11) is 1.63. The Labute approximate surface area is 210 Å². The third kappa shape index (κ3) is 6.21. The Balaban J connectivity index is 1.89. The number of benzene rings is 3. The highest BCUT2D eigenvalue weighted by Crippen LogP contribution is 2.30. The quantitative estimate of drug-likeness (QED) is 0.192. The summed E-state index contributed by atoms with van der Waals surface area (Å²) in [5.74, 6) is 0.274. The highest BCUT2D eigenvalue weighted by atomic mass is 127. The SMILES string of the molecule is COc1cc(/C=C(\C#N)C(=O)Nc2ccc(Br)cc2)cc(I)c1Cc1cc(C)cc(C)c1. The third-order valence-electron chi connectivity index (χ3n) is 4.84. The van der Waals surface area contributed by atoms with Crippen LogP contribution in [0.1, 0.15) is 27.8 Å². The Morgan fingerprint density at radius 3 is 2.38 bits per heavy atom. The molecule has 0 bridgehead atoms. The average molecular weight is 601 g/mol. The Kier molecular flexibility index (Phi) is 8.10. The van der Waals surface area contributed by atoms with E-state index in [1.54, 1.807) is 25.3 Å². The molecule has 4 nitrogen and oxygen atoms in total. The number of hydrogen-bond donors (Lipinski definition) is 1. The van der Waals surface area contributed by atoms with E-state index in [2.05, 4.69) is 75.9 Å². The number of ether oxygens (including phenoxy) is 1. The van der Waals surface area contributed by atoms with Crippen LogP contribution in [-0.4, -0.2) is 13.0 Å². The molecule has 0 atom stereocenters. The van der Waals surface area contributed by atoms with E-state index in [9.17, 15) is 10.1 Å². The molecule has 0 saturated carbocycles. The summed E-state index contributed by atoms with van der Waals surface area (Å²) >= 11 is 5.64. The van der Waals surface area contributed by atoms with Crippen LogP contribution >= 0.6 is 38.5 Å². The van der Waals surface area contributed by atoms with E-state index in [1.165, 1.54) is 16.7 Å². The van der Waals surface area contributed by atoms with E-state index >= 15 is 0 Å². The van der Waals surface area contributed by atoms with Crippen molar-refractivity contribution in [1.29, 1.82) is 5.26 Å². The zero-order chi connectivity index (χ0) is 23.3. The second kappa shape index (κ2) is 10.8. The van der Waals surface area contributed by atoms with Crippen LogP contribution in [0, 0.1) is 28.7 Å². The number of nitrogens with zero attached hydrogens (tertiary/aromatic N) is 1. The van der Waals surface area contributed by atoms with E-state index in [4.69, 9.17) is 4.74 Å². The molecule has 0 radical (unpaired) electrons. The number of aryl methyl sites for hydroxylation is 2. The number of anilines is 1. The number of halogens is 2. The van der Waals surface area contributed by atoms with Crippen molar-refractivity contribution >= 4 is 56.2 Å². The zero-order valence-electron chi connectivity index (χ0n) is 18.0. The van der Waals surface area contributed by atoms with Crippen LogP contribution in [0.2, 0.25) is 0 Å².